The zero-order valence-corrected chi connectivity index (χ0v) is 13.1. The number of benzene rings is 2. The van der Waals surface area contributed by atoms with Crippen molar-refractivity contribution in [3.05, 3.63) is 70.4 Å². The number of hydrogen-bond donors (Lipinski definition) is 2. The molecule has 128 valence electrons. The van der Waals surface area contributed by atoms with Crippen LogP contribution in [0.25, 0.3) is 10.9 Å². The van der Waals surface area contributed by atoms with Gasteiger partial charge in [-0.05, 0) is 30.3 Å². The van der Waals surface area contributed by atoms with Crippen LogP contribution < -0.4 is 4.74 Å². The molecule has 0 aliphatic carbocycles. The van der Waals surface area contributed by atoms with Crippen molar-refractivity contribution in [2.24, 2.45) is 0 Å². The van der Waals surface area contributed by atoms with E-state index in [9.17, 15) is 20.0 Å². The number of ether oxygens (including phenoxy) is 1. The Morgan fingerprint density at radius 2 is 1.96 bits per heavy atom. The number of nitro groups is 1. The number of fused-ring (bicyclic) bond motifs is 1. The first-order chi connectivity index (χ1) is 11.9. The molecule has 3 rings (SSSR count). The van der Waals surface area contributed by atoms with E-state index in [4.69, 9.17) is 9.84 Å². The summed E-state index contributed by atoms with van der Waals surface area (Å²) >= 11 is 0. The summed E-state index contributed by atoms with van der Waals surface area (Å²) in [5.74, 6) is -0.762. The summed E-state index contributed by atoms with van der Waals surface area (Å²) < 4.78 is 4.84. The maximum absolute atomic E-state index is 10.5. The van der Waals surface area contributed by atoms with E-state index in [1.165, 1.54) is 31.5 Å². The molecule has 0 spiro atoms. The summed E-state index contributed by atoms with van der Waals surface area (Å²) in [6.45, 7) is 0. The first-order valence-electron chi connectivity index (χ1n) is 7.02. The number of rotatable bonds is 3. The lowest BCUT2D eigenvalue weighted by Gasteiger charge is -1.99. The molecular formula is C17H14N2O6. The zero-order valence-electron chi connectivity index (χ0n) is 13.1. The number of carboxylic acid groups (broad SMARTS) is 1. The highest BCUT2D eigenvalue weighted by molar-refractivity contribution is 5.88. The lowest BCUT2D eigenvalue weighted by molar-refractivity contribution is -0.385. The van der Waals surface area contributed by atoms with Gasteiger partial charge in [-0.3, -0.25) is 15.1 Å². The van der Waals surface area contributed by atoms with E-state index in [1.54, 1.807) is 30.3 Å². The van der Waals surface area contributed by atoms with E-state index in [1.807, 2.05) is 0 Å². The van der Waals surface area contributed by atoms with Gasteiger partial charge in [-0.25, -0.2) is 4.79 Å². The molecule has 0 aliphatic rings. The van der Waals surface area contributed by atoms with Gasteiger partial charge >= 0.3 is 11.7 Å². The molecule has 0 saturated heterocycles. The Labute approximate surface area is 142 Å². The van der Waals surface area contributed by atoms with Crippen LogP contribution in [0.4, 0.5) is 5.69 Å². The Morgan fingerprint density at radius 3 is 2.60 bits per heavy atom. The first-order valence-corrected chi connectivity index (χ1v) is 7.02. The standard InChI is InChI=1S/C9H6N2O3.C8H8O3/c12-9-7(11(13)14)4-3-6-2-1-5-10-8(6)9;1-11-7-4-2-3-6(5-7)8(9)10/h1-5,12H;2-5H,1H3,(H,9,10). The number of aromatic carboxylic acids is 1. The number of carboxylic acids is 1. The summed E-state index contributed by atoms with van der Waals surface area (Å²) in [6.07, 6.45) is 1.48. The molecule has 1 aromatic heterocycles. The van der Waals surface area contributed by atoms with Crippen molar-refractivity contribution in [1.82, 2.24) is 4.98 Å². The van der Waals surface area contributed by atoms with Gasteiger partial charge in [0, 0.05) is 17.6 Å². The van der Waals surface area contributed by atoms with E-state index < -0.39 is 10.9 Å². The van der Waals surface area contributed by atoms with Crippen molar-refractivity contribution in [3.8, 4) is 11.5 Å². The van der Waals surface area contributed by atoms with Crippen molar-refractivity contribution in [2.45, 2.75) is 0 Å². The Hall–Kier alpha value is -3.68. The van der Waals surface area contributed by atoms with Crippen LogP contribution in [0.5, 0.6) is 11.5 Å². The van der Waals surface area contributed by atoms with Gasteiger partial charge < -0.3 is 14.9 Å². The third kappa shape index (κ3) is 4.20. The average Bonchev–Trinajstić information content (AvgIpc) is 2.62. The predicted molar refractivity (Wildman–Crippen MR) is 90.0 cm³/mol. The first kappa shape index (κ1) is 17.7. The van der Waals surface area contributed by atoms with Crippen LogP contribution in [0, 0.1) is 10.1 Å². The minimum atomic E-state index is -0.941. The second-order valence-electron chi connectivity index (χ2n) is 4.80. The summed E-state index contributed by atoms with van der Waals surface area (Å²) in [4.78, 5) is 24.1. The number of methoxy groups -OCH3 is 1. The summed E-state index contributed by atoms with van der Waals surface area (Å²) in [5, 5.41) is 29.2. The molecule has 0 saturated carbocycles. The SMILES string of the molecule is COc1cccc(C(=O)O)c1.O=[N+]([O-])c1ccc2cccnc2c1O. The lowest BCUT2D eigenvalue weighted by atomic mass is 10.2. The van der Waals surface area contributed by atoms with E-state index in [0.717, 1.165) is 0 Å². The van der Waals surface area contributed by atoms with Crippen molar-refractivity contribution >= 4 is 22.6 Å². The third-order valence-corrected chi connectivity index (χ3v) is 3.24. The Balaban J connectivity index is 0.000000186. The van der Waals surface area contributed by atoms with Gasteiger partial charge in [0.05, 0.1) is 17.6 Å². The van der Waals surface area contributed by atoms with Crippen LogP contribution in [0.3, 0.4) is 0 Å². The third-order valence-electron chi connectivity index (χ3n) is 3.24. The van der Waals surface area contributed by atoms with Crippen molar-refractivity contribution in [3.63, 3.8) is 0 Å². The lowest BCUT2D eigenvalue weighted by Crippen LogP contribution is -1.95. The highest BCUT2D eigenvalue weighted by atomic mass is 16.6. The van der Waals surface area contributed by atoms with Gasteiger partial charge in [0.15, 0.2) is 0 Å². The van der Waals surface area contributed by atoms with Gasteiger partial charge in [0.25, 0.3) is 0 Å². The maximum atomic E-state index is 10.5. The largest absolute Gasteiger partial charge is 0.501 e. The van der Waals surface area contributed by atoms with Crippen LogP contribution in [0.1, 0.15) is 10.4 Å². The second-order valence-corrected chi connectivity index (χ2v) is 4.80. The summed E-state index contributed by atoms with van der Waals surface area (Å²) in [7, 11) is 1.50. The molecule has 3 aromatic rings. The van der Waals surface area contributed by atoms with Crippen LogP contribution in [0.2, 0.25) is 0 Å². The van der Waals surface area contributed by atoms with Crippen LogP contribution in [-0.4, -0.2) is 33.2 Å². The number of hydrogen-bond acceptors (Lipinski definition) is 6. The molecule has 25 heavy (non-hydrogen) atoms. The molecule has 0 bridgehead atoms. The Kier molecular flexibility index (Phi) is 5.47. The fourth-order valence-corrected chi connectivity index (χ4v) is 2.02. The minimum absolute atomic E-state index is 0.240. The van der Waals surface area contributed by atoms with E-state index in [-0.39, 0.29) is 22.5 Å². The van der Waals surface area contributed by atoms with Gasteiger partial charge in [-0.1, -0.05) is 12.1 Å². The second kappa shape index (κ2) is 7.73. The molecule has 0 fully saturated rings. The molecule has 1 heterocycles. The molecule has 0 unspecified atom stereocenters. The molecule has 0 amide bonds. The number of phenolic OH excluding ortho intramolecular Hbond substituents is 1. The van der Waals surface area contributed by atoms with E-state index in [2.05, 4.69) is 4.98 Å². The zero-order chi connectivity index (χ0) is 18.4. The summed E-state index contributed by atoms with van der Waals surface area (Å²) in [6, 6.07) is 12.6. The number of nitro benzene ring substituents is 1. The Bertz CT molecular complexity index is 926. The fraction of sp³-hybridized carbons (Fsp3) is 0.0588. The number of aromatic hydroxyl groups is 1. The number of phenols is 1. The highest BCUT2D eigenvalue weighted by Gasteiger charge is 2.15. The average molecular weight is 342 g/mol. The number of carbonyl (C=O) groups is 1. The quantitative estimate of drug-likeness (QED) is 0.553. The van der Waals surface area contributed by atoms with Crippen molar-refractivity contribution in [2.75, 3.05) is 7.11 Å². The maximum Gasteiger partial charge on any atom is 0.335 e. The van der Waals surface area contributed by atoms with E-state index >= 15 is 0 Å². The number of pyridine rings is 1. The number of nitrogens with zero attached hydrogens (tertiary/aromatic N) is 2. The number of aromatic nitrogens is 1. The molecular weight excluding hydrogens is 328 g/mol. The van der Waals surface area contributed by atoms with Gasteiger partial charge in [-0.2, -0.15) is 0 Å². The van der Waals surface area contributed by atoms with Gasteiger partial charge in [-0.15, -0.1) is 0 Å². The van der Waals surface area contributed by atoms with Crippen LogP contribution in [-0.2, 0) is 0 Å². The Morgan fingerprint density at radius 1 is 1.20 bits per heavy atom. The van der Waals surface area contributed by atoms with Crippen molar-refractivity contribution in [1.29, 1.82) is 0 Å². The van der Waals surface area contributed by atoms with E-state index in [0.29, 0.717) is 11.1 Å². The van der Waals surface area contributed by atoms with Crippen LogP contribution >= 0.6 is 0 Å². The predicted octanol–water partition coefficient (Wildman–Crippen LogP) is 3.24. The topological polar surface area (TPSA) is 123 Å². The molecule has 8 nitrogen and oxygen atoms in total. The van der Waals surface area contributed by atoms with Crippen molar-refractivity contribution < 1.29 is 24.7 Å². The van der Waals surface area contributed by atoms with Gasteiger partial charge in [0.1, 0.15) is 11.3 Å². The molecule has 2 aromatic carbocycles. The smallest absolute Gasteiger partial charge is 0.335 e. The minimum Gasteiger partial charge on any atom is -0.501 e. The molecule has 8 heteroatoms. The molecule has 2 N–H and O–H groups in total. The van der Waals surface area contributed by atoms with Gasteiger partial charge in [0.2, 0.25) is 5.75 Å². The normalized spacial score (nSPS) is 9.80. The summed E-state index contributed by atoms with van der Waals surface area (Å²) in [5.41, 5.74) is 0.169. The molecule has 0 aliphatic heterocycles. The highest BCUT2D eigenvalue weighted by Crippen LogP contribution is 2.32. The molecule has 0 atom stereocenters. The fourth-order valence-electron chi connectivity index (χ4n) is 2.02. The molecule has 0 radical (unpaired) electrons. The van der Waals surface area contributed by atoms with Crippen LogP contribution in [0.15, 0.2) is 54.7 Å². The monoisotopic (exact) mass is 342 g/mol.